The van der Waals surface area contributed by atoms with Crippen molar-refractivity contribution in [1.82, 2.24) is 9.97 Å². The summed E-state index contributed by atoms with van der Waals surface area (Å²) in [7, 11) is 0. The summed E-state index contributed by atoms with van der Waals surface area (Å²) in [6, 6.07) is 5.95. The van der Waals surface area contributed by atoms with E-state index in [2.05, 4.69) is 9.97 Å². The Morgan fingerprint density at radius 3 is 2.63 bits per heavy atom. The molecule has 0 spiro atoms. The Labute approximate surface area is 107 Å². The maximum Gasteiger partial charge on any atom is 0.416 e. The fourth-order valence-corrected chi connectivity index (χ4v) is 1.68. The molecule has 0 aliphatic rings. The van der Waals surface area contributed by atoms with E-state index in [4.69, 9.17) is 0 Å². The van der Waals surface area contributed by atoms with Crippen molar-refractivity contribution in [1.29, 1.82) is 0 Å². The second-order valence-electron chi connectivity index (χ2n) is 4.01. The number of nitrogens with zero attached hydrogens (tertiary/aromatic N) is 1. The van der Waals surface area contributed by atoms with Crippen molar-refractivity contribution in [3.05, 3.63) is 52.1 Å². The topological polar surface area (TPSA) is 45.8 Å². The van der Waals surface area contributed by atoms with Crippen LogP contribution in [0.5, 0.6) is 0 Å². The number of benzene rings is 1. The first-order valence-electron chi connectivity index (χ1n) is 5.68. The molecule has 0 atom stereocenters. The molecule has 100 valence electrons. The van der Waals surface area contributed by atoms with E-state index in [1.54, 1.807) is 6.92 Å². The van der Waals surface area contributed by atoms with Gasteiger partial charge >= 0.3 is 6.18 Å². The van der Waals surface area contributed by atoms with E-state index < -0.39 is 11.7 Å². The fourth-order valence-electron chi connectivity index (χ4n) is 1.68. The molecule has 19 heavy (non-hydrogen) atoms. The molecule has 2 rings (SSSR count). The lowest BCUT2D eigenvalue weighted by Gasteiger charge is -2.08. The van der Waals surface area contributed by atoms with Crippen LogP contribution in [0.1, 0.15) is 18.3 Å². The fraction of sp³-hybridized carbons (Fsp3) is 0.231. The summed E-state index contributed by atoms with van der Waals surface area (Å²) in [5.74, 6) is 0.444. The summed E-state index contributed by atoms with van der Waals surface area (Å²) in [6.45, 7) is 1.80. The molecule has 0 amide bonds. The van der Waals surface area contributed by atoms with Crippen molar-refractivity contribution in [2.24, 2.45) is 0 Å². The zero-order valence-corrected chi connectivity index (χ0v) is 10.1. The third-order valence-corrected chi connectivity index (χ3v) is 2.61. The van der Waals surface area contributed by atoms with Gasteiger partial charge in [0.2, 0.25) is 0 Å². The Morgan fingerprint density at radius 1 is 1.26 bits per heavy atom. The Morgan fingerprint density at radius 2 is 2.00 bits per heavy atom. The highest BCUT2D eigenvalue weighted by Gasteiger charge is 2.30. The van der Waals surface area contributed by atoms with Crippen LogP contribution in [0.15, 0.2) is 35.1 Å². The van der Waals surface area contributed by atoms with Crippen LogP contribution in [0.2, 0.25) is 0 Å². The Kier molecular flexibility index (Phi) is 3.42. The van der Waals surface area contributed by atoms with Crippen molar-refractivity contribution in [2.75, 3.05) is 0 Å². The van der Waals surface area contributed by atoms with Gasteiger partial charge in [0.15, 0.2) is 0 Å². The van der Waals surface area contributed by atoms with Crippen molar-refractivity contribution < 1.29 is 13.2 Å². The van der Waals surface area contributed by atoms with E-state index >= 15 is 0 Å². The highest BCUT2D eigenvalue weighted by Crippen LogP contribution is 2.31. The molecule has 3 nitrogen and oxygen atoms in total. The molecule has 1 aromatic carbocycles. The molecular weight excluding hydrogens is 257 g/mol. The van der Waals surface area contributed by atoms with Gasteiger partial charge in [-0.15, -0.1) is 0 Å². The maximum absolute atomic E-state index is 12.6. The van der Waals surface area contributed by atoms with Gasteiger partial charge in [0.25, 0.3) is 5.56 Å². The summed E-state index contributed by atoms with van der Waals surface area (Å²) < 4.78 is 37.9. The molecule has 6 heteroatoms. The molecular formula is C13H11F3N2O. The zero-order valence-electron chi connectivity index (χ0n) is 10.1. The van der Waals surface area contributed by atoms with Crippen LogP contribution in [0.3, 0.4) is 0 Å². The number of halogens is 3. The first kappa shape index (κ1) is 13.3. The van der Waals surface area contributed by atoms with Crippen LogP contribution in [-0.4, -0.2) is 9.97 Å². The minimum atomic E-state index is -4.41. The summed E-state index contributed by atoms with van der Waals surface area (Å²) in [4.78, 5) is 18.1. The summed E-state index contributed by atoms with van der Waals surface area (Å²) in [5, 5.41) is 0. The summed E-state index contributed by atoms with van der Waals surface area (Å²) in [5.41, 5.74) is -0.619. The van der Waals surface area contributed by atoms with E-state index in [9.17, 15) is 18.0 Å². The van der Waals surface area contributed by atoms with Crippen LogP contribution in [0.4, 0.5) is 13.2 Å². The third-order valence-electron chi connectivity index (χ3n) is 2.61. The lowest BCUT2D eigenvalue weighted by molar-refractivity contribution is -0.137. The van der Waals surface area contributed by atoms with Gasteiger partial charge in [0.1, 0.15) is 5.82 Å². The van der Waals surface area contributed by atoms with Gasteiger partial charge < -0.3 is 4.98 Å². The average Bonchev–Trinajstić information content (AvgIpc) is 2.37. The van der Waals surface area contributed by atoms with Gasteiger partial charge in [-0.1, -0.05) is 19.1 Å². The molecule has 1 heterocycles. The minimum absolute atomic E-state index is 0.242. The average molecular weight is 268 g/mol. The van der Waals surface area contributed by atoms with Gasteiger partial charge in [-0.2, -0.15) is 13.2 Å². The molecule has 0 saturated carbocycles. The molecule has 1 aromatic heterocycles. The summed E-state index contributed by atoms with van der Waals surface area (Å²) in [6.07, 6.45) is -3.91. The minimum Gasteiger partial charge on any atom is -0.311 e. The number of nitrogens with one attached hydrogen (secondary N) is 1. The van der Waals surface area contributed by atoms with Gasteiger partial charge in [0.05, 0.1) is 11.3 Å². The van der Waals surface area contributed by atoms with Crippen molar-refractivity contribution in [2.45, 2.75) is 19.5 Å². The molecule has 0 aliphatic heterocycles. The second kappa shape index (κ2) is 4.87. The Bertz CT molecular complexity index is 647. The quantitative estimate of drug-likeness (QED) is 0.910. The standard InChI is InChI=1S/C13H11F3N2O/c1-2-11-17-10(7-12(19)18-11)8-4-3-5-9(6-8)13(14,15)16/h3-7H,2H2,1H3,(H,17,18,19). The molecule has 1 N–H and O–H groups in total. The van der Waals surface area contributed by atoms with Crippen LogP contribution in [0.25, 0.3) is 11.3 Å². The SMILES string of the molecule is CCc1nc(-c2cccc(C(F)(F)F)c2)cc(=O)[nH]1. The lowest BCUT2D eigenvalue weighted by Crippen LogP contribution is -2.11. The molecule has 2 aromatic rings. The smallest absolute Gasteiger partial charge is 0.311 e. The van der Waals surface area contributed by atoms with Gasteiger partial charge in [0, 0.05) is 18.1 Å². The molecule has 0 radical (unpaired) electrons. The Balaban J connectivity index is 2.53. The van der Waals surface area contributed by atoms with Gasteiger partial charge in [-0.25, -0.2) is 4.98 Å². The first-order valence-corrected chi connectivity index (χ1v) is 5.68. The number of alkyl halides is 3. The van der Waals surface area contributed by atoms with Crippen LogP contribution >= 0.6 is 0 Å². The Hall–Kier alpha value is -2.11. The van der Waals surface area contributed by atoms with Crippen LogP contribution in [0, 0.1) is 0 Å². The zero-order chi connectivity index (χ0) is 14.0. The second-order valence-corrected chi connectivity index (χ2v) is 4.01. The predicted molar refractivity (Wildman–Crippen MR) is 64.7 cm³/mol. The van der Waals surface area contributed by atoms with E-state index in [1.165, 1.54) is 18.2 Å². The van der Waals surface area contributed by atoms with Gasteiger partial charge in [-0.05, 0) is 12.1 Å². The number of hydrogen-bond acceptors (Lipinski definition) is 2. The number of H-pyrrole nitrogens is 1. The van der Waals surface area contributed by atoms with E-state index in [0.717, 1.165) is 12.1 Å². The molecule has 0 aliphatic carbocycles. The van der Waals surface area contributed by atoms with Gasteiger partial charge in [-0.3, -0.25) is 4.79 Å². The normalized spacial score (nSPS) is 11.6. The number of aryl methyl sites for hydroxylation is 1. The number of aromatic amines is 1. The molecule has 0 bridgehead atoms. The largest absolute Gasteiger partial charge is 0.416 e. The van der Waals surface area contributed by atoms with Crippen molar-refractivity contribution >= 4 is 0 Å². The lowest BCUT2D eigenvalue weighted by atomic mass is 10.1. The maximum atomic E-state index is 12.6. The summed E-state index contributed by atoms with van der Waals surface area (Å²) >= 11 is 0. The predicted octanol–water partition coefficient (Wildman–Crippen LogP) is 3.02. The van der Waals surface area contributed by atoms with E-state index in [-0.39, 0.29) is 16.8 Å². The van der Waals surface area contributed by atoms with Crippen LogP contribution < -0.4 is 5.56 Å². The van der Waals surface area contributed by atoms with E-state index in [1.807, 2.05) is 0 Å². The highest BCUT2D eigenvalue weighted by molar-refractivity contribution is 5.59. The van der Waals surface area contributed by atoms with Crippen molar-refractivity contribution in [3.63, 3.8) is 0 Å². The third kappa shape index (κ3) is 3.01. The number of rotatable bonds is 2. The van der Waals surface area contributed by atoms with Crippen LogP contribution in [-0.2, 0) is 12.6 Å². The van der Waals surface area contributed by atoms with E-state index in [0.29, 0.717) is 12.2 Å². The van der Waals surface area contributed by atoms with Crippen molar-refractivity contribution in [3.8, 4) is 11.3 Å². The monoisotopic (exact) mass is 268 g/mol. The molecule has 0 saturated heterocycles. The molecule has 0 unspecified atom stereocenters. The highest BCUT2D eigenvalue weighted by atomic mass is 19.4. The molecule has 0 fully saturated rings. The first-order chi connectivity index (χ1) is 8.90. The number of hydrogen-bond donors (Lipinski definition) is 1. The number of aromatic nitrogens is 2.